The van der Waals surface area contributed by atoms with E-state index in [1.807, 2.05) is 38.1 Å². The van der Waals surface area contributed by atoms with Crippen molar-refractivity contribution in [3.05, 3.63) is 41.2 Å². The van der Waals surface area contributed by atoms with Gasteiger partial charge in [0.25, 0.3) is 0 Å². The van der Waals surface area contributed by atoms with Gasteiger partial charge in [0.05, 0.1) is 12.6 Å². The van der Waals surface area contributed by atoms with Crippen molar-refractivity contribution in [2.75, 3.05) is 17.7 Å². The SMILES string of the molecule is CCOc1cccc(C(C)Nc2ncnc(N)c2Cl)c1. The summed E-state index contributed by atoms with van der Waals surface area (Å²) in [5, 5.41) is 3.55. The molecule has 1 aromatic carbocycles. The van der Waals surface area contributed by atoms with Gasteiger partial charge in [0, 0.05) is 0 Å². The molecule has 106 valence electrons. The van der Waals surface area contributed by atoms with Crippen LogP contribution in [-0.2, 0) is 0 Å². The van der Waals surface area contributed by atoms with Crippen molar-refractivity contribution in [2.24, 2.45) is 0 Å². The number of ether oxygens (including phenoxy) is 1. The highest BCUT2D eigenvalue weighted by atomic mass is 35.5. The van der Waals surface area contributed by atoms with Crippen LogP contribution in [-0.4, -0.2) is 16.6 Å². The van der Waals surface area contributed by atoms with Crippen LogP contribution < -0.4 is 15.8 Å². The average Bonchev–Trinajstić information content (AvgIpc) is 2.44. The summed E-state index contributed by atoms with van der Waals surface area (Å²) in [5.74, 6) is 1.62. The Labute approximate surface area is 123 Å². The maximum absolute atomic E-state index is 6.07. The molecule has 1 atom stereocenters. The normalized spacial score (nSPS) is 11.9. The van der Waals surface area contributed by atoms with E-state index in [-0.39, 0.29) is 11.9 Å². The zero-order valence-electron chi connectivity index (χ0n) is 11.4. The molecule has 0 saturated heterocycles. The summed E-state index contributed by atoms with van der Waals surface area (Å²) in [5.41, 5.74) is 6.73. The second kappa shape index (κ2) is 6.43. The van der Waals surface area contributed by atoms with Gasteiger partial charge in [0.2, 0.25) is 0 Å². The maximum Gasteiger partial charge on any atom is 0.150 e. The Morgan fingerprint density at radius 3 is 2.95 bits per heavy atom. The predicted molar refractivity (Wildman–Crippen MR) is 81.1 cm³/mol. The van der Waals surface area contributed by atoms with Gasteiger partial charge in [-0.05, 0) is 31.5 Å². The Balaban J connectivity index is 2.17. The van der Waals surface area contributed by atoms with E-state index < -0.39 is 0 Å². The van der Waals surface area contributed by atoms with E-state index in [0.717, 1.165) is 11.3 Å². The molecule has 1 heterocycles. The number of hydrogen-bond acceptors (Lipinski definition) is 5. The van der Waals surface area contributed by atoms with Crippen LogP contribution in [0.4, 0.5) is 11.6 Å². The maximum atomic E-state index is 6.07. The van der Waals surface area contributed by atoms with E-state index >= 15 is 0 Å². The number of halogens is 1. The highest BCUT2D eigenvalue weighted by Crippen LogP contribution is 2.28. The van der Waals surface area contributed by atoms with Gasteiger partial charge < -0.3 is 15.8 Å². The zero-order chi connectivity index (χ0) is 14.5. The number of benzene rings is 1. The number of aromatic nitrogens is 2. The summed E-state index contributed by atoms with van der Waals surface area (Å²) in [7, 11) is 0. The van der Waals surface area contributed by atoms with Crippen LogP contribution in [0.5, 0.6) is 5.75 Å². The number of anilines is 2. The molecule has 0 amide bonds. The van der Waals surface area contributed by atoms with Gasteiger partial charge in [-0.2, -0.15) is 0 Å². The lowest BCUT2D eigenvalue weighted by atomic mass is 10.1. The molecule has 20 heavy (non-hydrogen) atoms. The Bertz CT molecular complexity index is 591. The van der Waals surface area contributed by atoms with Gasteiger partial charge in [-0.15, -0.1) is 0 Å². The van der Waals surface area contributed by atoms with Crippen LogP contribution in [0.15, 0.2) is 30.6 Å². The van der Waals surface area contributed by atoms with Crippen molar-refractivity contribution >= 4 is 23.2 Å². The third kappa shape index (κ3) is 3.30. The van der Waals surface area contributed by atoms with Gasteiger partial charge in [-0.3, -0.25) is 0 Å². The van der Waals surface area contributed by atoms with E-state index in [4.69, 9.17) is 22.1 Å². The largest absolute Gasteiger partial charge is 0.494 e. The second-order valence-corrected chi connectivity index (χ2v) is 4.67. The highest BCUT2D eigenvalue weighted by molar-refractivity contribution is 6.35. The zero-order valence-corrected chi connectivity index (χ0v) is 12.2. The smallest absolute Gasteiger partial charge is 0.150 e. The van der Waals surface area contributed by atoms with Gasteiger partial charge in [-0.1, -0.05) is 23.7 Å². The van der Waals surface area contributed by atoms with E-state index in [1.54, 1.807) is 0 Å². The average molecular weight is 293 g/mol. The molecule has 0 aliphatic carbocycles. The molecule has 5 nitrogen and oxygen atoms in total. The molecule has 0 saturated carbocycles. The first-order valence-corrected chi connectivity index (χ1v) is 6.75. The van der Waals surface area contributed by atoms with Crippen LogP contribution in [0, 0.1) is 0 Å². The summed E-state index contributed by atoms with van der Waals surface area (Å²) >= 11 is 6.07. The van der Waals surface area contributed by atoms with Crippen molar-refractivity contribution < 1.29 is 4.74 Å². The first-order chi connectivity index (χ1) is 9.61. The van der Waals surface area contributed by atoms with Crippen LogP contribution in [0.3, 0.4) is 0 Å². The molecule has 0 aliphatic rings. The van der Waals surface area contributed by atoms with Crippen molar-refractivity contribution in [1.82, 2.24) is 9.97 Å². The molecule has 0 aliphatic heterocycles. The molecule has 2 rings (SSSR count). The second-order valence-electron chi connectivity index (χ2n) is 4.29. The summed E-state index contributed by atoms with van der Waals surface area (Å²) in [4.78, 5) is 7.93. The Kier molecular flexibility index (Phi) is 4.63. The topological polar surface area (TPSA) is 73.1 Å². The van der Waals surface area contributed by atoms with E-state index in [2.05, 4.69) is 15.3 Å². The standard InChI is InChI=1S/C14H17ClN4O/c1-3-20-11-6-4-5-10(7-11)9(2)19-14-12(15)13(16)17-8-18-14/h4-9H,3H2,1-2H3,(H3,16,17,18,19). The van der Waals surface area contributed by atoms with Crippen LogP contribution in [0.1, 0.15) is 25.5 Å². The number of nitrogens with two attached hydrogens (primary N) is 1. The lowest BCUT2D eigenvalue weighted by Gasteiger charge is -2.17. The molecule has 1 aromatic heterocycles. The minimum absolute atomic E-state index is 0.0159. The van der Waals surface area contributed by atoms with Crippen LogP contribution in [0.2, 0.25) is 5.02 Å². The number of rotatable bonds is 5. The molecule has 6 heteroatoms. The minimum atomic E-state index is 0.0159. The Hall–Kier alpha value is -2.01. The number of nitrogen functional groups attached to an aromatic ring is 1. The van der Waals surface area contributed by atoms with Crippen molar-refractivity contribution in [3.63, 3.8) is 0 Å². The lowest BCUT2D eigenvalue weighted by Crippen LogP contribution is -2.09. The summed E-state index contributed by atoms with van der Waals surface area (Å²) in [6.07, 6.45) is 1.38. The quantitative estimate of drug-likeness (QED) is 0.884. The third-order valence-electron chi connectivity index (χ3n) is 2.84. The monoisotopic (exact) mass is 292 g/mol. The minimum Gasteiger partial charge on any atom is -0.494 e. The van der Waals surface area contributed by atoms with Crippen molar-refractivity contribution in [2.45, 2.75) is 19.9 Å². The molecule has 0 bridgehead atoms. The predicted octanol–water partition coefficient (Wildman–Crippen LogP) is 3.28. The Morgan fingerprint density at radius 1 is 1.40 bits per heavy atom. The van der Waals surface area contributed by atoms with Gasteiger partial charge in [-0.25, -0.2) is 9.97 Å². The molecule has 0 fully saturated rings. The van der Waals surface area contributed by atoms with Gasteiger partial charge >= 0.3 is 0 Å². The number of hydrogen-bond donors (Lipinski definition) is 2. The first kappa shape index (κ1) is 14.4. The summed E-state index contributed by atoms with van der Waals surface area (Å²) < 4.78 is 5.49. The number of nitrogens with one attached hydrogen (secondary N) is 1. The van der Waals surface area contributed by atoms with Crippen molar-refractivity contribution in [1.29, 1.82) is 0 Å². The molecule has 1 unspecified atom stereocenters. The highest BCUT2D eigenvalue weighted by Gasteiger charge is 2.11. The molecule has 0 radical (unpaired) electrons. The fraction of sp³-hybridized carbons (Fsp3) is 0.286. The molecule has 3 N–H and O–H groups in total. The molecular weight excluding hydrogens is 276 g/mol. The van der Waals surface area contributed by atoms with Crippen LogP contribution >= 0.6 is 11.6 Å². The van der Waals surface area contributed by atoms with E-state index in [0.29, 0.717) is 17.4 Å². The Morgan fingerprint density at radius 2 is 2.20 bits per heavy atom. The van der Waals surface area contributed by atoms with Crippen molar-refractivity contribution in [3.8, 4) is 5.75 Å². The molecule has 2 aromatic rings. The van der Waals surface area contributed by atoms with Crippen LogP contribution in [0.25, 0.3) is 0 Å². The van der Waals surface area contributed by atoms with Gasteiger partial charge in [0.1, 0.15) is 22.9 Å². The number of nitrogens with zero attached hydrogens (tertiary/aromatic N) is 2. The fourth-order valence-corrected chi connectivity index (χ4v) is 1.96. The van der Waals surface area contributed by atoms with Gasteiger partial charge in [0.15, 0.2) is 5.82 Å². The van der Waals surface area contributed by atoms with E-state index in [9.17, 15) is 0 Å². The summed E-state index contributed by atoms with van der Waals surface area (Å²) in [6.45, 7) is 4.61. The summed E-state index contributed by atoms with van der Waals surface area (Å²) in [6, 6.07) is 7.89. The lowest BCUT2D eigenvalue weighted by molar-refractivity contribution is 0.340. The molecular formula is C14H17ClN4O. The molecule has 0 spiro atoms. The third-order valence-corrected chi connectivity index (χ3v) is 3.21. The first-order valence-electron chi connectivity index (χ1n) is 6.37. The van der Waals surface area contributed by atoms with E-state index in [1.165, 1.54) is 6.33 Å². The fourth-order valence-electron chi connectivity index (χ4n) is 1.81.